The van der Waals surface area contributed by atoms with Crippen LogP contribution in [0.4, 0.5) is 5.69 Å². The van der Waals surface area contributed by atoms with Gasteiger partial charge >= 0.3 is 0 Å². The molecule has 1 heterocycles. The molecule has 0 saturated heterocycles. The molecule has 0 atom stereocenters. The Balaban J connectivity index is 2.25. The second-order valence-corrected chi connectivity index (χ2v) is 6.05. The number of sulfonamides is 1. The van der Waals surface area contributed by atoms with Crippen molar-refractivity contribution >= 4 is 15.7 Å². The van der Waals surface area contributed by atoms with Crippen LogP contribution in [0.1, 0.15) is 18.3 Å². The quantitative estimate of drug-likeness (QED) is 0.873. The second-order valence-electron chi connectivity index (χ2n) is 4.42. The van der Waals surface area contributed by atoms with E-state index >= 15 is 0 Å². The van der Waals surface area contributed by atoms with Crippen molar-refractivity contribution < 1.29 is 8.42 Å². The third kappa shape index (κ3) is 3.00. The lowest BCUT2D eigenvalue weighted by molar-refractivity contribution is 0.598. The number of aromatic nitrogens is 2. The Morgan fingerprint density at radius 3 is 2.45 bits per heavy atom. The molecule has 0 saturated carbocycles. The molecule has 0 amide bonds. The van der Waals surface area contributed by atoms with Gasteiger partial charge in [0, 0.05) is 25.0 Å². The van der Waals surface area contributed by atoms with E-state index in [1.807, 2.05) is 6.92 Å². The van der Waals surface area contributed by atoms with Gasteiger partial charge in [-0.2, -0.15) is 8.42 Å². The molecule has 1 aromatic heterocycles. The van der Waals surface area contributed by atoms with Gasteiger partial charge in [0.15, 0.2) is 5.03 Å². The van der Waals surface area contributed by atoms with Gasteiger partial charge in [-0.25, -0.2) is 4.98 Å². The number of nitrogens with one attached hydrogen (secondary N) is 1. The summed E-state index contributed by atoms with van der Waals surface area (Å²) in [6.07, 6.45) is 1.53. The van der Waals surface area contributed by atoms with Crippen molar-refractivity contribution in [2.75, 3.05) is 4.72 Å². The summed E-state index contributed by atoms with van der Waals surface area (Å²) in [5, 5.41) is 0.0275. The fraction of sp³-hybridized carbons (Fsp3) is 0.308. The number of anilines is 1. The minimum absolute atomic E-state index is 0.0275. The molecule has 0 aliphatic rings. The van der Waals surface area contributed by atoms with Crippen LogP contribution in [0, 0.1) is 6.92 Å². The zero-order valence-electron chi connectivity index (χ0n) is 11.5. The van der Waals surface area contributed by atoms with Gasteiger partial charge in [0.2, 0.25) is 0 Å². The first-order valence-electron chi connectivity index (χ1n) is 6.32. The molecule has 20 heavy (non-hydrogen) atoms. The third-order valence-corrected chi connectivity index (χ3v) is 4.26. The largest absolute Gasteiger partial charge is 0.334 e. The van der Waals surface area contributed by atoms with E-state index in [2.05, 4.69) is 9.71 Å². The number of aryl methyl sites for hydroxylation is 2. The van der Waals surface area contributed by atoms with Gasteiger partial charge in [0.05, 0.1) is 0 Å². The number of benzene rings is 1. The number of imidazole rings is 1. The van der Waals surface area contributed by atoms with E-state index < -0.39 is 10.0 Å². The van der Waals surface area contributed by atoms with E-state index in [0.29, 0.717) is 24.6 Å². The molecule has 7 heteroatoms. The summed E-state index contributed by atoms with van der Waals surface area (Å²) < 4.78 is 28.7. The SMILES string of the molecule is CCn1cc(S(=O)(=O)Nc2ccc(CN)cc2)nc1C. The van der Waals surface area contributed by atoms with Crippen LogP contribution in [0.5, 0.6) is 0 Å². The highest BCUT2D eigenvalue weighted by molar-refractivity contribution is 7.92. The Labute approximate surface area is 118 Å². The summed E-state index contributed by atoms with van der Waals surface area (Å²) >= 11 is 0. The lowest BCUT2D eigenvalue weighted by Gasteiger charge is -2.06. The first-order valence-corrected chi connectivity index (χ1v) is 7.80. The van der Waals surface area contributed by atoms with Crippen molar-refractivity contribution in [2.24, 2.45) is 5.73 Å². The third-order valence-electron chi connectivity index (χ3n) is 3.01. The Morgan fingerprint density at radius 1 is 1.30 bits per heavy atom. The lowest BCUT2D eigenvalue weighted by atomic mass is 10.2. The second kappa shape index (κ2) is 5.64. The van der Waals surface area contributed by atoms with Crippen LogP contribution in [0.25, 0.3) is 0 Å². The molecule has 0 aliphatic carbocycles. The maximum atomic E-state index is 12.2. The number of nitrogens with two attached hydrogens (primary N) is 1. The Kier molecular flexibility index (Phi) is 4.10. The summed E-state index contributed by atoms with van der Waals surface area (Å²) in [6, 6.07) is 6.94. The molecule has 0 unspecified atom stereocenters. The molecule has 6 nitrogen and oxygen atoms in total. The zero-order valence-corrected chi connectivity index (χ0v) is 12.3. The summed E-state index contributed by atoms with van der Waals surface area (Å²) in [7, 11) is -3.66. The van der Waals surface area contributed by atoms with Gasteiger partial charge in [-0.3, -0.25) is 4.72 Å². The van der Waals surface area contributed by atoms with Crippen molar-refractivity contribution in [1.82, 2.24) is 9.55 Å². The first kappa shape index (κ1) is 14.5. The van der Waals surface area contributed by atoms with Crippen LogP contribution in [0.2, 0.25) is 0 Å². The standard InChI is InChI=1S/C13H18N4O2S/c1-3-17-9-13(15-10(17)2)20(18,19)16-12-6-4-11(8-14)5-7-12/h4-7,9,16H,3,8,14H2,1-2H3. The Hall–Kier alpha value is -1.86. The first-order chi connectivity index (χ1) is 9.46. The van der Waals surface area contributed by atoms with E-state index in [0.717, 1.165) is 5.56 Å². The predicted molar refractivity (Wildman–Crippen MR) is 77.8 cm³/mol. The molecule has 2 aromatic rings. The minimum Gasteiger partial charge on any atom is -0.334 e. The summed E-state index contributed by atoms with van der Waals surface area (Å²) in [5.74, 6) is 0.673. The van der Waals surface area contributed by atoms with E-state index in [1.54, 1.807) is 35.8 Å². The fourth-order valence-corrected chi connectivity index (χ4v) is 2.91. The molecule has 0 aliphatic heterocycles. The molecule has 0 radical (unpaired) electrons. The number of nitrogens with zero attached hydrogens (tertiary/aromatic N) is 2. The van der Waals surface area contributed by atoms with Gasteiger partial charge in [0.25, 0.3) is 10.0 Å². The Morgan fingerprint density at radius 2 is 1.95 bits per heavy atom. The van der Waals surface area contributed by atoms with Crippen LogP contribution >= 0.6 is 0 Å². The van der Waals surface area contributed by atoms with Crippen molar-refractivity contribution in [2.45, 2.75) is 32.0 Å². The van der Waals surface area contributed by atoms with Gasteiger partial charge in [-0.15, -0.1) is 0 Å². The van der Waals surface area contributed by atoms with Crippen LogP contribution in [0.3, 0.4) is 0 Å². The number of hydrogen-bond donors (Lipinski definition) is 2. The molecule has 1 aromatic carbocycles. The summed E-state index contributed by atoms with van der Waals surface area (Å²) in [6.45, 7) is 4.81. The molecule has 2 rings (SSSR count). The molecular formula is C13H18N4O2S. The average molecular weight is 294 g/mol. The van der Waals surface area contributed by atoms with Crippen LogP contribution in [-0.4, -0.2) is 18.0 Å². The van der Waals surface area contributed by atoms with Gasteiger partial charge < -0.3 is 10.3 Å². The fourth-order valence-electron chi connectivity index (χ4n) is 1.85. The van der Waals surface area contributed by atoms with Gasteiger partial charge in [-0.1, -0.05) is 12.1 Å². The van der Waals surface area contributed by atoms with E-state index in [9.17, 15) is 8.42 Å². The topological polar surface area (TPSA) is 90.0 Å². The average Bonchev–Trinajstić information content (AvgIpc) is 2.81. The molecule has 0 fully saturated rings. The van der Waals surface area contributed by atoms with Crippen molar-refractivity contribution in [3.63, 3.8) is 0 Å². The van der Waals surface area contributed by atoms with Crippen molar-refractivity contribution in [1.29, 1.82) is 0 Å². The van der Waals surface area contributed by atoms with E-state index in [4.69, 9.17) is 5.73 Å². The maximum absolute atomic E-state index is 12.2. The lowest BCUT2D eigenvalue weighted by Crippen LogP contribution is -2.13. The van der Waals surface area contributed by atoms with Crippen LogP contribution in [-0.2, 0) is 23.1 Å². The maximum Gasteiger partial charge on any atom is 0.280 e. The minimum atomic E-state index is -3.66. The smallest absolute Gasteiger partial charge is 0.280 e. The highest BCUT2D eigenvalue weighted by Gasteiger charge is 2.18. The highest BCUT2D eigenvalue weighted by atomic mass is 32.2. The number of hydrogen-bond acceptors (Lipinski definition) is 4. The summed E-state index contributed by atoms with van der Waals surface area (Å²) in [5.41, 5.74) is 6.94. The monoisotopic (exact) mass is 294 g/mol. The molecular weight excluding hydrogens is 276 g/mol. The van der Waals surface area contributed by atoms with Gasteiger partial charge in [0.1, 0.15) is 5.82 Å². The van der Waals surface area contributed by atoms with Crippen molar-refractivity contribution in [3.8, 4) is 0 Å². The summed E-state index contributed by atoms with van der Waals surface area (Å²) in [4.78, 5) is 4.08. The van der Waals surface area contributed by atoms with Gasteiger partial charge in [-0.05, 0) is 31.5 Å². The zero-order chi connectivity index (χ0) is 14.8. The molecule has 108 valence electrons. The van der Waals surface area contributed by atoms with E-state index in [1.165, 1.54) is 6.20 Å². The Bertz CT molecular complexity index is 690. The number of rotatable bonds is 5. The normalized spacial score (nSPS) is 11.6. The molecule has 0 bridgehead atoms. The molecule has 0 spiro atoms. The predicted octanol–water partition coefficient (Wildman–Crippen LogP) is 1.47. The van der Waals surface area contributed by atoms with Crippen molar-refractivity contribution in [3.05, 3.63) is 41.9 Å². The van der Waals surface area contributed by atoms with Crippen LogP contribution < -0.4 is 10.5 Å². The molecule has 3 N–H and O–H groups in total. The highest BCUT2D eigenvalue weighted by Crippen LogP contribution is 2.16. The van der Waals surface area contributed by atoms with E-state index in [-0.39, 0.29) is 5.03 Å². The van der Waals surface area contributed by atoms with Crippen LogP contribution in [0.15, 0.2) is 35.5 Å².